The van der Waals surface area contributed by atoms with Crippen molar-refractivity contribution >= 4 is 21.4 Å². The van der Waals surface area contributed by atoms with E-state index < -0.39 is 10.0 Å². The molecule has 1 aromatic heterocycles. The van der Waals surface area contributed by atoms with Crippen LogP contribution in [0, 0.1) is 12.8 Å². The first-order valence-electron chi connectivity index (χ1n) is 11.4. The second kappa shape index (κ2) is 10.8. The van der Waals surface area contributed by atoms with E-state index in [1.807, 2.05) is 50.2 Å². The van der Waals surface area contributed by atoms with E-state index in [2.05, 4.69) is 15.0 Å². The van der Waals surface area contributed by atoms with Crippen LogP contribution < -0.4 is 9.46 Å². The molecule has 1 unspecified atom stereocenters. The molecule has 0 amide bonds. The molecule has 1 aliphatic heterocycles. The Morgan fingerprint density at radius 3 is 2.64 bits per heavy atom. The molecule has 0 spiro atoms. The summed E-state index contributed by atoms with van der Waals surface area (Å²) in [6.07, 6.45) is 2.09. The standard InChI is InChI=1S/C25H31N3O3S2/c1-3-31-23-10-8-21(9-11-23)25-27-22(18-32-25)17-28-14-4-5-20(16-28)15-26-33(29,30)24-12-6-19(2)7-13-24/h6-13,18,20,26H,3-5,14-17H2,1-2H3. The van der Waals surface area contributed by atoms with Gasteiger partial charge in [-0.3, -0.25) is 4.90 Å². The van der Waals surface area contributed by atoms with Gasteiger partial charge < -0.3 is 4.74 Å². The summed E-state index contributed by atoms with van der Waals surface area (Å²) >= 11 is 1.65. The van der Waals surface area contributed by atoms with Gasteiger partial charge in [0.1, 0.15) is 10.8 Å². The van der Waals surface area contributed by atoms with E-state index in [4.69, 9.17) is 9.72 Å². The summed E-state index contributed by atoms with van der Waals surface area (Å²) in [7, 11) is -3.48. The fraction of sp³-hybridized carbons (Fsp3) is 0.400. The molecule has 2 aromatic carbocycles. The maximum Gasteiger partial charge on any atom is 0.240 e. The van der Waals surface area contributed by atoms with Crippen molar-refractivity contribution in [3.8, 4) is 16.3 Å². The van der Waals surface area contributed by atoms with Crippen LogP contribution in [0.5, 0.6) is 5.75 Å². The molecule has 1 atom stereocenters. The lowest BCUT2D eigenvalue weighted by Crippen LogP contribution is -2.40. The minimum atomic E-state index is -3.48. The molecule has 2 heterocycles. The smallest absolute Gasteiger partial charge is 0.240 e. The lowest BCUT2D eigenvalue weighted by atomic mass is 9.98. The Morgan fingerprint density at radius 2 is 1.91 bits per heavy atom. The van der Waals surface area contributed by atoms with Crippen molar-refractivity contribution in [2.75, 3.05) is 26.2 Å². The molecule has 6 nitrogen and oxygen atoms in total. The van der Waals surface area contributed by atoms with Crippen molar-refractivity contribution in [3.63, 3.8) is 0 Å². The maximum atomic E-state index is 12.6. The molecule has 33 heavy (non-hydrogen) atoms. The quantitative estimate of drug-likeness (QED) is 0.475. The highest BCUT2D eigenvalue weighted by Crippen LogP contribution is 2.27. The Labute approximate surface area is 200 Å². The number of aryl methyl sites for hydroxylation is 1. The molecule has 1 saturated heterocycles. The van der Waals surface area contributed by atoms with Gasteiger partial charge in [-0.1, -0.05) is 17.7 Å². The molecule has 1 fully saturated rings. The summed E-state index contributed by atoms with van der Waals surface area (Å²) in [5.74, 6) is 1.17. The maximum absolute atomic E-state index is 12.6. The molecule has 0 saturated carbocycles. The number of thiazole rings is 1. The molecule has 3 aromatic rings. The Bertz CT molecular complexity index is 1140. The fourth-order valence-corrected chi connectivity index (χ4v) is 6.02. The van der Waals surface area contributed by atoms with Crippen molar-refractivity contribution in [2.45, 2.75) is 38.1 Å². The predicted molar refractivity (Wildman–Crippen MR) is 133 cm³/mol. The van der Waals surface area contributed by atoms with Gasteiger partial charge in [-0.25, -0.2) is 18.1 Å². The summed E-state index contributed by atoms with van der Waals surface area (Å²) in [6.45, 7) is 7.71. The highest BCUT2D eigenvalue weighted by molar-refractivity contribution is 7.89. The van der Waals surface area contributed by atoms with Crippen LogP contribution in [0.15, 0.2) is 58.8 Å². The molecule has 1 aliphatic rings. The number of nitrogens with zero attached hydrogens (tertiary/aromatic N) is 2. The lowest BCUT2D eigenvalue weighted by molar-refractivity contribution is 0.167. The molecule has 1 N–H and O–H groups in total. The number of likely N-dealkylation sites (tertiary alicyclic amines) is 1. The monoisotopic (exact) mass is 485 g/mol. The van der Waals surface area contributed by atoms with E-state index in [0.29, 0.717) is 24.0 Å². The van der Waals surface area contributed by atoms with Crippen LogP contribution in [-0.4, -0.2) is 44.5 Å². The van der Waals surface area contributed by atoms with Crippen LogP contribution in [0.4, 0.5) is 0 Å². The van der Waals surface area contributed by atoms with Crippen molar-refractivity contribution in [3.05, 3.63) is 65.2 Å². The largest absolute Gasteiger partial charge is 0.494 e. The number of rotatable bonds is 9. The molecule has 176 valence electrons. The van der Waals surface area contributed by atoms with E-state index >= 15 is 0 Å². The van der Waals surface area contributed by atoms with Gasteiger partial charge in [-0.05, 0) is 75.5 Å². The number of piperidine rings is 1. The third kappa shape index (κ3) is 6.41. The molecule has 0 aliphatic carbocycles. The number of hydrogen-bond acceptors (Lipinski definition) is 6. The van der Waals surface area contributed by atoms with Crippen LogP contribution in [0.2, 0.25) is 0 Å². The summed E-state index contributed by atoms with van der Waals surface area (Å²) in [4.78, 5) is 7.54. The molecule has 4 rings (SSSR count). The first-order chi connectivity index (χ1) is 15.9. The fourth-order valence-electron chi connectivity index (χ4n) is 4.09. The lowest BCUT2D eigenvalue weighted by Gasteiger charge is -2.32. The van der Waals surface area contributed by atoms with Crippen molar-refractivity contribution in [2.24, 2.45) is 5.92 Å². The summed E-state index contributed by atoms with van der Waals surface area (Å²) in [6, 6.07) is 15.0. The molecule has 8 heteroatoms. The van der Waals surface area contributed by atoms with Crippen molar-refractivity contribution in [1.82, 2.24) is 14.6 Å². The third-order valence-electron chi connectivity index (χ3n) is 5.85. The van der Waals surface area contributed by atoms with Gasteiger partial charge in [0.15, 0.2) is 0 Å². The number of ether oxygens (including phenoxy) is 1. The summed E-state index contributed by atoms with van der Waals surface area (Å²) < 4.78 is 33.6. The van der Waals surface area contributed by atoms with E-state index in [0.717, 1.165) is 60.1 Å². The van der Waals surface area contributed by atoms with E-state index in [9.17, 15) is 8.42 Å². The van der Waals surface area contributed by atoms with Gasteiger partial charge in [0.05, 0.1) is 17.2 Å². The van der Waals surface area contributed by atoms with Gasteiger partial charge in [0, 0.05) is 30.6 Å². The average molecular weight is 486 g/mol. The van der Waals surface area contributed by atoms with Crippen LogP contribution in [-0.2, 0) is 16.6 Å². The Hall–Kier alpha value is -2.26. The second-order valence-corrected chi connectivity index (χ2v) is 11.1. The first kappa shape index (κ1) is 23.9. The van der Waals surface area contributed by atoms with E-state index in [1.54, 1.807) is 23.5 Å². The number of aromatic nitrogens is 1. The van der Waals surface area contributed by atoms with Crippen molar-refractivity contribution in [1.29, 1.82) is 0 Å². The number of benzene rings is 2. The van der Waals surface area contributed by atoms with Crippen molar-refractivity contribution < 1.29 is 13.2 Å². The van der Waals surface area contributed by atoms with Crippen LogP contribution in [0.3, 0.4) is 0 Å². The zero-order valence-corrected chi connectivity index (χ0v) is 20.8. The number of nitrogens with one attached hydrogen (secondary N) is 1. The minimum Gasteiger partial charge on any atom is -0.494 e. The number of sulfonamides is 1. The highest BCUT2D eigenvalue weighted by Gasteiger charge is 2.23. The molecule has 0 radical (unpaired) electrons. The summed E-state index contributed by atoms with van der Waals surface area (Å²) in [5.41, 5.74) is 3.20. The Balaban J connectivity index is 1.31. The molecular formula is C25H31N3O3S2. The van der Waals surface area contributed by atoms with Crippen LogP contribution >= 0.6 is 11.3 Å². The van der Waals surface area contributed by atoms with Crippen LogP contribution in [0.25, 0.3) is 10.6 Å². The summed E-state index contributed by atoms with van der Waals surface area (Å²) in [5, 5.41) is 3.13. The van der Waals surface area contributed by atoms with E-state index in [1.165, 1.54) is 0 Å². The molecular weight excluding hydrogens is 454 g/mol. The SMILES string of the molecule is CCOc1ccc(-c2nc(CN3CCCC(CNS(=O)(=O)c4ccc(C)cc4)C3)cs2)cc1. The van der Waals surface area contributed by atoms with Gasteiger partial charge in [0.25, 0.3) is 0 Å². The Morgan fingerprint density at radius 1 is 1.15 bits per heavy atom. The van der Waals surface area contributed by atoms with Gasteiger partial charge >= 0.3 is 0 Å². The topological polar surface area (TPSA) is 71.5 Å². The van der Waals surface area contributed by atoms with Gasteiger partial charge in [0.2, 0.25) is 10.0 Å². The number of hydrogen-bond donors (Lipinski definition) is 1. The van der Waals surface area contributed by atoms with E-state index in [-0.39, 0.29) is 0 Å². The highest BCUT2D eigenvalue weighted by atomic mass is 32.2. The zero-order valence-electron chi connectivity index (χ0n) is 19.2. The first-order valence-corrected chi connectivity index (χ1v) is 13.8. The molecule has 0 bridgehead atoms. The van der Waals surface area contributed by atoms with Gasteiger partial charge in [-0.2, -0.15) is 0 Å². The average Bonchev–Trinajstić information content (AvgIpc) is 3.27. The normalized spacial score (nSPS) is 17.2. The zero-order chi connectivity index (χ0) is 23.3. The van der Waals surface area contributed by atoms with Gasteiger partial charge in [-0.15, -0.1) is 11.3 Å². The Kier molecular flexibility index (Phi) is 7.80. The second-order valence-electron chi connectivity index (χ2n) is 8.51. The minimum absolute atomic E-state index is 0.295. The third-order valence-corrected chi connectivity index (χ3v) is 8.23. The predicted octanol–water partition coefficient (Wildman–Crippen LogP) is 4.71. The van der Waals surface area contributed by atoms with Crippen LogP contribution in [0.1, 0.15) is 31.0 Å².